The summed E-state index contributed by atoms with van der Waals surface area (Å²) in [5.74, 6) is -0.445. The molecule has 2 aromatic carbocycles. The van der Waals surface area contributed by atoms with E-state index < -0.39 is 28.0 Å². The number of hydrogen-bond acceptors (Lipinski definition) is 8. The zero-order chi connectivity index (χ0) is 26.0. The maximum atomic E-state index is 13.6. The van der Waals surface area contributed by atoms with Crippen molar-refractivity contribution in [1.82, 2.24) is 0 Å². The fourth-order valence-electron chi connectivity index (χ4n) is 6.36. The Morgan fingerprint density at radius 2 is 1.83 bits per heavy atom. The number of allylic oxidation sites excluding steroid dienone is 2. The highest BCUT2D eigenvalue weighted by atomic mass is 16.6. The molecule has 0 amide bonds. The maximum Gasteiger partial charge on any atom is 0.309 e. The fourth-order valence-corrected chi connectivity index (χ4v) is 6.36. The van der Waals surface area contributed by atoms with Crippen LogP contribution in [-0.2, 0) is 24.8 Å². The molecule has 0 N–H and O–H groups in total. The van der Waals surface area contributed by atoms with E-state index in [1.165, 1.54) is 19.2 Å². The quantitative estimate of drug-likeness (QED) is 0.350. The molecule has 36 heavy (non-hydrogen) atoms. The number of non-ortho nitro benzene ring substituents is 1. The molecule has 9 heteroatoms. The Morgan fingerprint density at radius 1 is 1.14 bits per heavy atom. The van der Waals surface area contributed by atoms with Gasteiger partial charge in [0.15, 0.2) is 5.78 Å². The molecule has 3 atom stereocenters. The first-order valence-electron chi connectivity index (χ1n) is 11.8. The summed E-state index contributed by atoms with van der Waals surface area (Å²) in [7, 11) is 4.83. The van der Waals surface area contributed by atoms with Crippen LogP contribution >= 0.6 is 0 Å². The molecule has 0 saturated heterocycles. The van der Waals surface area contributed by atoms with Crippen LogP contribution in [0.4, 0.5) is 11.4 Å². The van der Waals surface area contributed by atoms with Gasteiger partial charge < -0.3 is 19.1 Å². The van der Waals surface area contributed by atoms with Gasteiger partial charge in [0.1, 0.15) is 11.5 Å². The van der Waals surface area contributed by atoms with Crippen molar-refractivity contribution in [3.05, 3.63) is 75.0 Å². The predicted octanol–water partition coefficient (Wildman–Crippen LogP) is 4.45. The molecule has 9 nitrogen and oxygen atoms in total. The Morgan fingerprint density at radius 3 is 2.44 bits per heavy atom. The lowest BCUT2D eigenvalue weighted by atomic mass is 9.56. The molecule has 2 bridgehead atoms. The van der Waals surface area contributed by atoms with E-state index >= 15 is 0 Å². The van der Waals surface area contributed by atoms with E-state index in [1.807, 2.05) is 44.0 Å². The molecule has 1 aliphatic carbocycles. The summed E-state index contributed by atoms with van der Waals surface area (Å²) in [6.45, 7) is 4.09. The lowest BCUT2D eigenvalue weighted by molar-refractivity contribution is -0.384. The molecular weight excluding hydrogens is 464 g/mol. The first-order chi connectivity index (χ1) is 17.1. The van der Waals surface area contributed by atoms with Crippen LogP contribution in [0.1, 0.15) is 43.7 Å². The summed E-state index contributed by atoms with van der Waals surface area (Å²) >= 11 is 0. The number of fused-ring (bicyclic) bond motifs is 5. The van der Waals surface area contributed by atoms with E-state index in [-0.39, 0.29) is 30.2 Å². The molecule has 2 unspecified atom stereocenters. The molecule has 0 aromatic heterocycles. The second kappa shape index (κ2) is 8.08. The van der Waals surface area contributed by atoms with Crippen molar-refractivity contribution in [1.29, 1.82) is 0 Å². The summed E-state index contributed by atoms with van der Waals surface area (Å²) in [5, 5.41) is 11.3. The number of hydrogen-bond donors (Lipinski definition) is 0. The Balaban J connectivity index is 1.79. The molecule has 0 radical (unpaired) electrons. The van der Waals surface area contributed by atoms with E-state index in [0.29, 0.717) is 22.6 Å². The average Bonchev–Trinajstić information content (AvgIpc) is 2.86. The number of carbonyl (C=O) groups excluding carboxylic acids is 2. The second-order valence-corrected chi connectivity index (χ2v) is 10.1. The number of benzene rings is 2. The molecule has 2 aliphatic heterocycles. The lowest BCUT2D eigenvalue weighted by Crippen LogP contribution is -2.64. The molecule has 3 aliphatic rings. The average molecular weight is 493 g/mol. The van der Waals surface area contributed by atoms with Crippen LogP contribution < -0.4 is 9.64 Å². The number of nitro groups is 1. The van der Waals surface area contributed by atoms with Gasteiger partial charge in [-0.1, -0.05) is 13.8 Å². The normalized spacial score (nSPS) is 25.9. The van der Waals surface area contributed by atoms with Crippen LogP contribution in [-0.4, -0.2) is 37.9 Å². The molecule has 0 spiro atoms. The number of carbonyl (C=O) groups is 2. The highest BCUT2D eigenvalue weighted by Crippen LogP contribution is 2.66. The second-order valence-electron chi connectivity index (χ2n) is 10.1. The van der Waals surface area contributed by atoms with Crippen LogP contribution in [0, 0.1) is 21.4 Å². The number of Topliss-reactive ketones (excluding diaryl/α,β-unsaturated/α-hetero) is 1. The largest absolute Gasteiger partial charge is 0.497 e. The van der Waals surface area contributed by atoms with Crippen molar-refractivity contribution in [3.8, 4) is 5.75 Å². The lowest BCUT2D eigenvalue weighted by Gasteiger charge is -2.62. The summed E-state index contributed by atoms with van der Waals surface area (Å²) in [6.07, 6.45) is 0.295. The van der Waals surface area contributed by atoms with Crippen LogP contribution in [0.25, 0.3) is 0 Å². The van der Waals surface area contributed by atoms with Gasteiger partial charge in [-0.05, 0) is 35.9 Å². The molecule has 5 rings (SSSR count). The molecule has 0 saturated carbocycles. The minimum atomic E-state index is -1.11. The van der Waals surface area contributed by atoms with E-state index in [1.54, 1.807) is 19.2 Å². The van der Waals surface area contributed by atoms with Gasteiger partial charge in [-0.15, -0.1) is 0 Å². The minimum absolute atomic E-state index is 0.0255. The number of nitrogens with zero attached hydrogens (tertiary/aromatic N) is 2. The van der Waals surface area contributed by atoms with Crippen molar-refractivity contribution in [2.75, 3.05) is 26.2 Å². The molecule has 2 heterocycles. The monoisotopic (exact) mass is 492 g/mol. The molecule has 0 fully saturated rings. The Hall–Kier alpha value is -3.88. The standard InChI is InChI=1S/C27H28N2O7/c1-26(2)24-19-14-18(34-4)10-11-20(19)28(3)27(26,16-6-8-17(9-7-16)29(32)33)36-22-13-15(25(31)35-5)12-21(30)23(22)24/h6-11,14-15,24H,12-13H2,1-5H3/t15?,24-,27?/m1/s1. The third-order valence-electron chi connectivity index (χ3n) is 8.00. The van der Waals surface area contributed by atoms with Gasteiger partial charge >= 0.3 is 5.97 Å². The number of methoxy groups -OCH3 is 2. The fraction of sp³-hybridized carbons (Fsp3) is 0.407. The number of ketones is 1. The van der Waals surface area contributed by atoms with Gasteiger partial charge in [-0.25, -0.2) is 0 Å². The zero-order valence-electron chi connectivity index (χ0n) is 20.9. The van der Waals surface area contributed by atoms with Crippen molar-refractivity contribution < 1.29 is 28.7 Å². The summed E-state index contributed by atoms with van der Waals surface area (Å²) in [5.41, 5.74) is 1.26. The number of ether oxygens (including phenoxy) is 3. The topological polar surface area (TPSA) is 108 Å². The zero-order valence-corrected chi connectivity index (χ0v) is 20.9. The van der Waals surface area contributed by atoms with E-state index in [0.717, 1.165) is 11.3 Å². The van der Waals surface area contributed by atoms with Crippen LogP contribution in [0.15, 0.2) is 53.8 Å². The van der Waals surface area contributed by atoms with Gasteiger partial charge in [0.25, 0.3) is 5.69 Å². The van der Waals surface area contributed by atoms with Gasteiger partial charge in [0, 0.05) is 60.2 Å². The van der Waals surface area contributed by atoms with Gasteiger partial charge in [0.05, 0.1) is 25.1 Å². The number of esters is 1. The van der Waals surface area contributed by atoms with Crippen LogP contribution in [0.3, 0.4) is 0 Å². The van der Waals surface area contributed by atoms with Crippen molar-refractivity contribution in [2.24, 2.45) is 11.3 Å². The highest BCUT2D eigenvalue weighted by Gasteiger charge is 2.65. The van der Waals surface area contributed by atoms with Crippen molar-refractivity contribution in [3.63, 3.8) is 0 Å². The first-order valence-corrected chi connectivity index (χ1v) is 11.8. The first kappa shape index (κ1) is 23.8. The summed E-state index contributed by atoms with van der Waals surface area (Å²) in [4.78, 5) is 38.9. The number of rotatable bonds is 4. The smallest absolute Gasteiger partial charge is 0.309 e. The van der Waals surface area contributed by atoms with Gasteiger partial charge in [-0.3, -0.25) is 19.7 Å². The van der Waals surface area contributed by atoms with Gasteiger partial charge in [-0.2, -0.15) is 0 Å². The Bertz CT molecular complexity index is 1310. The van der Waals surface area contributed by atoms with Crippen molar-refractivity contribution >= 4 is 23.1 Å². The Labute approximate surface area is 208 Å². The summed E-state index contributed by atoms with van der Waals surface area (Å²) < 4.78 is 17.3. The number of nitro benzene ring substituents is 1. The van der Waals surface area contributed by atoms with E-state index in [9.17, 15) is 19.7 Å². The Kier molecular flexibility index (Phi) is 5.35. The summed E-state index contributed by atoms with van der Waals surface area (Å²) in [6, 6.07) is 12.1. The molecule has 2 aromatic rings. The van der Waals surface area contributed by atoms with E-state index in [2.05, 4.69) is 0 Å². The number of anilines is 1. The third kappa shape index (κ3) is 3.08. The maximum absolute atomic E-state index is 13.6. The van der Waals surface area contributed by atoms with Crippen LogP contribution in [0.2, 0.25) is 0 Å². The predicted molar refractivity (Wildman–Crippen MR) is 131 cm³/mol. The van der Waals surface area contributed by atoms with E-state index in [4.69, 9.17) is 14.2 Å². The minimum Gasteiger partial charge on any atom is -0.497 e. The molecule has 188 valence electrons. The van der Waals surface area contributed by atoms with Crippen LogP contribution in [0.5, 0.6) is 5.75 Å². The third-order valence-corrected chi connectivity index (χ3v) is 8.00. The molecular formula is C27H28N2O7. The van der Waals surface area contributed by atoms with Crippen molar-refractivity contribution in [2.45, 2.75) is 38.3 Å². The SMILES string of the molecule is COC(=O)C1CC(=O)C2=C(C1)OC1(c3ccc([N+](=O)[O-])cc3)N(C)c3ccc(OC)cc3[C@H]2C1(C)C. The van der Waals surface area contributed by atoms with Gasteiger partial charge in [0.2, 0.25) is 5.72 Å². The highest BCUT2D eigenvalue weighted by molar-refractivity contribution is 6.01.